The minimum Gasteiger partial charge on any atom is -0.356 e. The summed E-state index contributed by atoms with van der Waals surface area (Å²) < 4.78 is 0. The molecule has 1 aromatic carbocycles. The van der Waals surface area contributed by atoms with Gasteiger partial charge in [0, 0.05) is 32.2 Å². The van der Waals surface area contributed by atoms with Gasteiger partial charge in [0.05, 0.1) is 18.8 Å². The molecule has 0 spiro atoms. The van der Waals surface area contributed by atoms with Gasteiger partial charge in [0.15, 0.2) is 0 Å². The van der Waals surface area contributed by atoms with Crippen molar-refractivity contribution < 1.29 is 14.4 Å². The Bertz CT molecular complexity index is 722. The van der Waals surface area contributed by atoms with E-state index in [1.54, 1.807) is 0 Å². The Morgan fingerprint density at radius 1 is 1.08 bits per heavy atom. The van der Waals surface area contributed by atoms with Crippen LogP contribution in [0.25, 0.3) is 0 Å². The van der Waals surface area contributed by atoms with Crippen molar-refractivity contribution in [3.05, 3.63) is 35.9 Å². The predicted molar refractivity (Wildman–Crippen MR) is 98.0 cm³/mol. The largest absolute Gasteiger partial charge is 0.356 e. The maximum absolute atomic E-state index is 12.2. The Morgan fingerprint density at radius 2 is 1.81 bits per heavy atom. The zero-order valence-electron chi connectivity index (χ0n) is 14.5. The van der Waals surface area contributed by atoms with Crippen LogP contribution >= 0.6 is 0 Å². The van der Waals surface area contributed by atoms with Crippen molar-refractivity contribution in [1.29, 1.82) is 0 Å². The molecule has 3 amide bonds. The molecule has 0 aliphatic carbocycles. The van der Waals surface area contributed by atoms with Crippen molar-refractivity contribution in [1.82, 2.24) is 15.6 Å². The normalized spacial score (nSPS) is 12.9. The first kappa shape index (κ1) is 19.2. The van der Waals surface area contributed by atoms with E-state index in [9.17, 15) is 14.4 Å². The Hall–Kier alpha value is -3.14. The quantitative estimate of drug-likeness (QED) is 0.672. The molecule has 7 nitrogen and oxygen atoms in total. The highest BCUT2D eigenvalue weighted by atomic mass is 16.2. The van der Waals surface area contributed by atoms with Crippen LogP contribution in [0.2, 0.25) is 0 Å². The molecule has 0 radical (unpaired) electrons. The maximum atomic E-state index is 12.2. The highest BCUT2D eigenvalue weighted by molar-refractivity contribution is 6.02. The first-order valence-corrected chi connectivity index (χ1v) is 8.50. The number of hydrazone groups is 1. The number of carbonyl (C=O) groups is 3. The smallest absolute Gasteiger partial charge is 0.243 e. The van der Waals surface area contributed by atoms with Crippen LogP contribution in [0.3, 0.4) is 0 Å². The molecule has 0 saturated carbocycles. The number of benzene rings is 1. The predicted octanol–water partition coefficient (Wildman–Crippen LogP) is 0.659. The summed E-state index contributed by atoms with van der Waals surface area (Å²) in [5.41, 5.74) is 1.88. The van der Waals surface area contributed by atoms with Crippen LogP contribution in [-0.2, 0) is 14.4 Å². The van der Waals surface area contributed by atoms with E-state index in [1.807, 2.05) is 30.3 Å². The van der Waals surface area contributed by atoms with E-state index >= 15 is 0 Å². The van der Waals surface area contributed by atoms with Crippen LogP contribution < -0.4 is 10.6 Å². The molecule has 0 unspecified atom stereocenters. The summed E-state index contributed by atoms with van der Waals surface area (Å²) in [6.45, 7) is 0.909. The van der Waals surface area contributed by atoms with Gasteiger partial charge < -0.3 is 10.6 Å². The molecule has 0 fully saturated rings. The van der Waals surface area contributed by atoms with Gasteiger partial charge in [-0.05, 0) is 5.56 Å². The molecule has 2 N–H and O–H groups in total. The molecule has 0 saturated heterocycles. The topological polar surface area (TPSA) is 90.9 Å². The van der Waals surface area contributed by atoms with Gasteiger partial charge in [-0.2, -0.15) is 5.10 Å². The van der Waals surface area contributed by atoms with E-state index in [4.69, 9.17) is 6.42 Å². The molecular formula is C19H22N4O3. The summed E-state index contributed by atoms with van der Waals surface area (Å²) >= 11 is 0. The van der Waals surface area contributed by atoms with Crippen LogP contribution in [0.5, 0.6) is 0 Å². The molecule has 2 rings (SSSR count). The third-order valence-electron chi connectivity index (χ3n) is 3.82. The summed E-state index contributed by atoms with van der Waals surface area (Å²) in [6, 6.07) is 9.71. The van der Waals surface area contributed by atoms with Crippen LogP contribution in [-0.4, -0.2) is 48.1 Å². The zero-order chi connectivity index (χ0) is 18.8. The number of nitrogens with one attached hydrogen (secondary N) is 2. The molecule has 1 heterocycles. The number of carbonyl (C=O) groups excluding carboxylic acids is 3. The lowest BCUT2D eigenvalue weighted by atomic mass is 10.1. The Morgan fingerprint density at radius 3 is 2.54 bits per heavy atom. The third kappa shape index (κ3) is 6.06. The molecule has 0 atom stereocenters. The number of terminal acetylenes is 1. The second-order valence-electron chi connectivity index (χ2n) is 5.76. The summed E-state index contributed by atoms with van der Waals surface area (Å²) in [4.78, 5) is 35.3. The average Bonchev–Trinajstić information content (AvgIpc) is 3.15. The van der Waals surface area contributed by atoms with Crippen LogP contribution in [0, 0.1) is 12.3 Å². The summed E-state index contributed by atoms with van der Waals surface area (Å²) in [5, 5.41) is 10.9. The molecule has 0 bridgehead atoms. The number of rotatable bonds is 8. The van der Waals surface area contributed by atoms with Crippen LogP contribution in [0.1, 0.15) is 31.2 Å². The highest BCUT2D eigenvalue weighted by Gasteiger charge is 2.21. The lowest BCUT2D eigenvalue weighted by molar-refractivity contribution is -0.133. The lowest BCUT2D eigenvalue weighted by Gasteiger charge is -2.11. The highest BCUT2D eigenvalue weighted by Crippen LogP contribution is 2.14. The van der Waals surface area contributed by atoms with Gasteiger partial charge in [-0.1, -0.05) is 36.3 Å². The van der Waals surface area contributed by atoms with Gasteiger partial charge in [0.25, 0.3) is 0 Å². The van der Waals surface area contributed by atoms with E-state index in [0.29, 0.717) is 13.0 Å². The van der Waals surface area contributed by atoms with Gasteiger partial charge in [0.2, 0.25) is 17.7 Å². The monoisotopic (exact) mass is 354 g/mol. The average molecular weight is 354 g/mol. The van der Waals surface area contributed by atoms with Crippen molar-refractivity contribution in [2.75, 3.05) is 19.6 Å². The zero-order valence-corrected chi connectivity index (χ0v) is 14.5. The van der Waals surface area contributed by atoms with Gasteiger partial charge in [-0.15, -0.1) is 6.42 Å². The molecular weight excluding hydrogens is 332 g/mol. The molecule has 26 heavy (non-hydrogen) atoms. The third-order valence-corrected chi connectivity index (χ3v) is 3.82. The van der Waals surface area contributed by atoms with Gasteiger partial charge >= 0.3 is 0 Å². The summed E-state index contributed by atoms with van der Waals surface area (Å²) in [7, 11) is 0. The molecule has 7 heteroatoms. The molecule has 1 aliphatic heterocycles. The standard InChI is InChI=1S/C19H22N4O3/c1-2-12-20-18(25)10-13-21-17(24)8-9-19(26)23-14-11-16(22-23)15-6-4-3-5-7-15/h1,3-7H,8-14H2,(H,20,25)(H,21,24). The fraction of sp³-hybridized carbons (Fsp3) is 0.368. The maximum Gasteiger partial charge on any atom is 0.243 e. The van der Waals surface area contributed by atoms with Gasteiger partial charge in [-0.3, -0.25) is 14.4 Å². The van der Waals surface area contributed by atoms with E-state index in [2.05, 4.69) is 21.7 Å². The van der Waals surface area contributed by atoms with Crippen molar-refractivity contribution >= 4 is 23.4 Å². The molecule has 1 aromatic rings. The Kier molecular flexibility index (Phi) is 7.37. The summed E-state index contributed by atoms with van der Waals surface area (Å²) in [5.74, 6) is 1.62. The molecule has 1 aliphatic rings. The van der Waals surface area contributed by atoms with Crippen LogP contribution in [0.4, 0.5) is 0 Å². The van der Waals surface area contributed by atoms with Gasteiger partial charge in [-0.25, -0.2) is 5.01 Å². The van der Waals surface area contributed by atoms with Crippen molar-refractivity contribution in [2.24, 2.45) is 5.10 Å². The number of hydrogen-bond donors (Lipinski definition) is 2. The summed E-state index contributed by atoms with van der Waals surface area (Å²) in [6.07, 6.45) is 6.04. The SMILES string of the molecule is C#CCNC(=O)CCNC(=O)CCC(=O)N1CCC(c2ccccc2)=N1. The minimum atomic E-state index is -0.269. The van der Waals surface area contributed by atoms with Crippen molar-refractivity contribution in [2.45, 2.75) is 25.7 Å². The first-order chi connectivity index (χ1) is 12.6. The van der Waals surface area contributed by atoms with Crippen molar-refractivity contribution in [3.8, 4) is 12.3 Å². The van der Waals surface area contributed by atoms with E-state index < -0.39 is 0 Å². The van der Waals surface area contributed by atoms with Gasteiger partial charge in [0.1, 0.15) is 0 Å². The van der Waals surface area contributed by atoms with E-state index in [0.717, 1.165) is 11.3 Å². The fourth-order valence-electron chi connectivity index (χ4n) is 2.46. The molecule has 136 valence electrons. The lowest BCUT2D eigenvalue weighted by Crippen LogP contribution is -2.31. The minimum absolute atomic E-state index is 0.0670. The van der Waals surface area contributed by atoms with E-state index in [-0.39, 0.29) is 50.1 Å². The Balaban J connectivity index is 1.69. The second kappa shape index (κ2) is 9.99. The number of amides is 3. The fourth-order valence-corrected chi connectivity index (χ4v) is 2.46. The van der Waals surface area contributed by atoms with Crippen molar-refractivity contribution in [3.63, 3.8) is 0 Å². The Labute approximate surface area is 152 Å². The first-order valence-electron chi connectivity index (χ1n) is 8.50. The number of nitrogens with zero attached hydrogens (tertiary/aromatic N) is 2. The molecule has 0 aromatic heterocycles. The number of hydrogen-bond acceptors (Lipinski definition) is 4. The van der Waals surface area contributed by atoms with E-state index in [1.165, 1.54) is 5.01 Å². The van der Waals surface area contributed by atoms with Crippen LogP contribution in [0.15, 0.2) is 35.4 Å². The second-order valence-corrected chi connectivity index (χ2v) is 5.76.